The van der Waals surface area contributed by atoms with E-state index in [1.54, 1.807) is 0 Å². The molecule has 2 rings (SSSR count). The second-order valence-electron chi connectivity index (χ2n) is 4.33. The third kappa shape index (κ3) is 2.93. The fourth-order valence-electron chi connectivity index (χ4n) is 1.81. The molecule has 0 radical (unpaired) electrons. The number of rotatable bonds is 2. The van der Waals surface area contributed by atoms with Crippen LogP contribution in [0.15, 0.2) is 0 Å². The van der Waals surface area contributed by atoms with Crippen LogP contribution in [0.4, 0.5) is 0 Å². The lowest BCUT2D eigenvalue weighted by Crippen LogP contribution is -2.52. The summed E-state index contributed by atoms with van der Waals surface area (Å²) in [5.74, 6) is 0. The van der Waals surface area contributed by atoms with Crippen molar-refractivity contribution in [3.05, 3.63) is 0 Å². The van der Waals surface area contributed by atoms with Gasteiger partial charge >= 0.3 is 0 Å². The summed E-state index contributed by atoms with van der Waals surface area (Å²) in [5, 5.41) is 17.0. The first-order chi connectivity index (χ1) is 8.28. The van der Waals surface area contributed by atoms with Crippen LogP contribution in [-0.2, 0) is 18.9 Å². The third-order valence-corrected chi connectivity index (χ3v) is 2.82. The Bertz CT molecular complexity index is 293. The van der Waals surface area contributed by atoms with Crippen LogP contribution >= 0.6 is 0 Å². The van der Waals surface area contributed by atoms with Gasteiger partial charge in [-0.25, -0.2) is 0 Å². The van der Waals surface area contributed by atoms with Gasteiger partial charge in [0.05, 0.1) is 56.8 Å². The molecule has 1 spiro atoms. The molecule has 0 amide bonds. The number of ether oxygens (including phenoxy) is 4. The molecule has 6 nitrogen and oxygen atoms in total. The van der Waals surface area contributed by atoms with E-state index in [2.05, 4.69) is 0 Å². The highest BCUT2D eigenvalue weighted by molar-refractivity contribution is 4.87. The standard InChI is InChI=1S/C11H14N2O4/c12-3-1-9-14-5-11(6-15-9)7-16-10(2-4-13)17-8-11/h9-10H,1-2,5-8H2. The van der Waals surface area contributed by atoms with Crippen LogP contribution in [0.3, 0.4) is 0 Å². The van der Waals surface area contributed by atoms with E-state index in [0.29, 0.717) is 26.4 Å². The van der Waals surface area contributed by atoms with E-state index in [-0.39, 0.29) is 18.3 Å². The highest BCUT2D eigenvalue weighted by Gasteiger charge is 2.41. The van der Waals surface area contributed by atoms with Crippen molar-refractivity contribution in [2.24, 2.45) is 5.41 Å². The molecule has 6 heteroatoms. The van der Waals surface area contributed by atoms with Gasteiger partial charge in [0, 0.05) is 0 Å². The molecule has 0 saturated carbocycles. The van der Waals surface area contributed by atoms with Gasteiger partial charge in [0.1, 0.15) is 0 Å². The van der Waals surface area contributed by atoms with Gasteiger partial charge in [0.15, 0.2) is 12.6 Å². The lowest BCUT2D eigenvalue weighted by atomic mass is 9.90. The fourth-order valence-corrected chi connectivity index (χ4v) is 1.81. The molecule has 92 valence electrons. The number of hydrogen-bond acceptors (Lipinski definition) is 6. The fraction of sp³-hybridized carbons (Fsp3) is 0.818. The molecule has 0 N–H and O–H groups in total. The first kappa shape index (κ1) is 12.3. The van der Waals surface area contributed by atoms with Gasteiger partial charge in [-0.1, -0.05) is 0 Å². The monoisotopic (exact) mass is 238 g/mol. The summed E-state index contributed by atoms with van der Waals surface area (Å²) in [6.45, 7) is 1.83. The quantitative estimate of drug-likeness (QED) is 0.698. The molecule has 2 fully saturated rings. The lowest BCUT2D eigenvalue weighted by Gasteiger charge is -2.43. The average Bonchev–Trinajstić information content (AvgIpc) is 2.36. The van der Waals surface area contributed by atoms with Crippen LogP contribution in [0.5, 0.6) is 0 Å². The van der Waals surface area contributed by atoms with Crippen molar-refractivity contribution >= 4 is 0 Å². The van der Waals surface area contributed by atoms with E-state index in [4.69, 9.17) is 29.5 Å². The van der Waals surface area contributed by atoms with Crippen molar-refractivity contribution in [1.29, 1.82) is 10.5 Å². The maximum absolute atomic E-state index is 8.52. The highest BCUT2D eigenvalue weighted by atomic mass is 16.7. The molecule has 2 heterocycles. The molecule has 0 aliphatic carbocycles. The maximum atomic E-state index is 8.52. The summed E-state index contributed by atoms with van der Waals surface area (Å²) in [5.41, 5.74) is -0.294. The summed E-state index contributed by atoms with van der Waals surface area (Å²) in [7, 11) is 0. The summed E-state index contributed by atoms with van der Waals surface area (Å²) in [6.07, 6.45) is -0.422. The van der Waals surface area contributed by atoms with Crippen LogP contribution < -0.4 is 0 Å². The Morgan fingerprint density at radius 2 is 1.18 bits per heavy atom. The number of hydrogen-bond donors (Lipinski definition) is 0. The maximum Gasteiger partial charge on any atom is 0.170 e. The molecule has 2 aliphatic rings. The highest BCUT2D eigenvalue weighted by Crippen LogP contribution is 2.31. The zero-order chi connectivity index (χ0) is 12.1. The number of nitriles is 2. The predicted molar refractivity (Wildman–Crippen MR) is 54.3 cm³/mol. The van der Waals surface area contributed by atoms with E-state index < -0.39 is 12.6 Å². The predicted octanol–water partition coefficient (Wildman–Crippen LogP) is 0.546. The first-order valence-electron chi connectivity index (χ1n) is 5.48. The van der Waals surface area contributed by atoms with E-state index in [9.17, 15) is 0 Å². The molecule has 0 bridgehead atoms. The van der Waals surface area contributed by atoms with Crippen molar-refractivity contribution in [2.45, 2.75) is 25.4 Å². The summed E-state index contributed by atoms with van der Waals surface area (Å²) >= 11 is 0. The van der Waals surface area contributed by atoms with Crippen LogP contribution in [0, 0.1) is 28.1 Å². The number of nitrogens with zero attached hydrogens (tertiary/aromatic N) is 2. The van der Waals surface area contributed by atoms with Crippen molar-refractivity contribution in [3.63, 3.8) is 0 Å². The van der Waals surface area contributed by atoms with E-state index >= 15 is 0 Å². The van der Waals surface area contributed by atoms with Crippen molar-refractivity contribution in [1.82, 2.24) is 0 Å². The Morgan fingerprint density at radius 3 is 1.47 bits per heavy atom. The SMILES string of the molecule is N#CCC1OCC2(CO1)COC(CC#N)OC2. The van der Waals surface area contributed by atoms with Gasteiger partial charge in [-0.15, -0.1) is 0 Å². The molecule has 2 aliphatic heterocycles. The average molecular weight is 238 g/mol. The van der Waals surface area contributed by atoms with E-state index in [0.717, 1.165) is 0 Å². The Balaban J connectivity index is 1.81. The van der Waals surface area contributed by atoms with Crippen LogP contribution in [0.2, 0.25) is 0 Å². The molecular weight excluding hydrogens is 224 g/mol. The summed E-state index contributed by atoms with van der Waals surface area (Å²) in [6, 6.07) is 4.01. The van der Waals surface area contributed by atoms with Gasteiger partial charge in [-0.05, 0) is 0 Å². The van der Waals surface area contributed by atoms with Crippen molar-refractivity contribution in [3.8, 4) is 12.1 Å². The second kappa shape index (κ2) is 5.44. The topological polar surface area (TPSA) is 84.5 Å². The van der Waals surface area contributed by atoms with E-state index in [1.165, 1.54) is 0 Å². The van der Waals surface area contributed by atoms with Gasteiger partial charge < -0.3 is 18.9 Å². The molecule has 0 atom stereocenters. The normalized spacial score (nSPS) is 37.3. The molecule has 0 unspecified atom stereocenters. The Labute approximate surface area is 99.6 Å². The van der Waals surface area contributed by atoms with Crippen molar-refractivity contribution < 1.29 is 18.9 Å². The molecule has 2 saturated heterocycles. The zero-order valence-electron chi connectivity index (χ0n) is 9.42. The summed E-state index contributed by atoms with van der Waals surface area (Å²) in [4.78, 5) is 0. The molecule has 0 aromatic carbocycles. The first-order valence-corrected chi connectivity index (χ1v) is 5.48. The molecule has 0 aromatic heterocycles. The summed E-state index contributed by atoms with van der Waals surface area (Å²) < 4.78 is 21.7. The lowest BCUT2D eigenvalue weighted by molar-refractivity contribution is -0.300. The minimum absolute atomic E-state index is 0.231. The Kier molecular flexibility index (Phi) is 3.93. The van der Waals surface area contributed by atoms with Gasteiger partial charge in [-0.2, -0.15) is 10.5 Å². The van der Waals surface area contributed by atoms with Crippen molar-refractivity contribution in [2.75, 3.05) is 26.4 Å². The Morgan fingerprint density at radius 1 is 0.824 bits per heavy atom. The second-order valence-corrected chi connectivity index (χ2v) is 4.33. The van der Waals surface area contributed by atoms with Gasteiger partial charge in [0.2, 0.25) is 0 Å². The van der Waals surface area contributed by atoms with Crippen LogP contribution in [0.1, 0.15) is 12.8 Å². The van der Waals surface area contributed by atoms with Crippen LogP contribution in [0.25, 0.3) is 0 Å². The smallest absolute Gasteiger partial charge is 0.170 e. The largest absolute Gasteiger partial charge is 0.351 e. The Hall–Kier alpha value is -1.18. The molecule has 0 aromatic rings. The van der Waals surface area contributed by atoms with Gasteiger partial charge in [-0.3, -0.25) is 0 Å². The minimum atomic E-state index is -0.442. The van der Waals surface area contributed by atoms with Crippen LogP contribution in [-0.4, -0.2) is 39.0 Å². The van der Waals surface area contributed by atoms with E-state index in [1.807, 2.05) is 12.1 Å². The van der Waals surface area contributed by atoms with Gasteiger partial charge in [0.25, 0.3) is 0 Å². The zero-order valence-corrected chi connectivity index (χ0v) is 9.42. The minimum Gasteiger partial charge on any atom is -0.351 e. The molecular formula is C11H14N2O4. The third-order valence-electron chi connectivity index (χ3n) is 2.82. The molecule has 17 heavy (non-hydrogen) atoms.